The number of ether oxygens (including phenoxy) is 3. The quantitative estimate of drug-likeness (QED) is 0.557. The van der Waals surface area contributed by atoms with Crippen LogP contribution >= 0.6 is 11.6 Å². The van der Waals surface area contributed by atoms with Gasteiger partial charge in [0.25, 0.3) is 0 Å². The molecular weight excluding hydrogens is 421 g/mol. The van der Waals surface area contributed by atoms with Crippen LogP contribution in [-0.2, 0) is 4.74 Å². The number of likely N-dealkylation sites (tertiary alicyclic amines) is 1. The van der Waals surface area contributed by atoms with Crippen LogP contribution in [0.4, 0.5) is 9.18 Å². The first-order chi connectivity index (χ1) is 14.7. The molecule has 0 bridgehead atoms. The summed E-state index contributed by atoms with van der Waals surface area (Å²) in [6.07, 6.45) is 0.824. The first-order valence-corrected chi connectivity index (χ1v) is 10.9. The van der Waals surface area contributed by atoms with Crippen LogP contribution in [0.15, 0.2) is 36.4 Å². The minimum Gasteiger partial charge on any atom is -0.485 e. The molecule has 0 spiro atoms. The van der Waals surface area contributed by atoms with Gasteiger partial charge in [-0.05, 0) is 57.7 Å². The molecule has 7 heteroatoms. The number of nitrogens with zero attached hydrogens (tertiary/aromatic N) is 1. The van der Waals surface area contributed by atoms with Gasteiger partial charge in [-0.15, -0.1) is 0 Å². The lowest BCUT2D eigenvalue weighted by molar-refractivity contribution is 0.0203. The second-order valence-corrected chi connectivity index (χ2v) is 9.44. The van der Waals surface area contributed by atoms with Gasteiger partial charge in [0.15, 0.2) is 17.6 Å². The maximum atomic E-state index is 14.3. The molecule has 2 aromatic rings. The molecule has 0 radical (unpaired) electrons. The molecule has 1 fully saturated rings. The van der Waals surface area contributed by atoms with Gasteiger partial charge >= 0.3 is 6.09 Å². The summed E-state index contributed by atoms with van der Waals surface area (Å²) in [5.74, 6) is 1.16. The molecule has 1 amide bonds. The third kappa shape index (κ3) is 4.90. The molecular formula is C24H27ClFNO4. The Labute approximate surface area is 187 Å². The van der Waals surface area contributed by atoms with Crippen LogP contribution < -0.4 is 9.47 Å². The fraction of sp³-hybridized carbons (Fsp3) is 0.458. The molecule has 0 unspecified atom stereocenters. The lowest BCUT2D eigenvalue weighted by atomic mass is 9.88. The van der Waals surface area contributed by atoms with Crippen molar-refractivity contribution in [3.63, 3.8) is 0 Å². The summed E-state index contributed by atoms with van der Waals surface area (Å²) in [5.41, 5.74) is 0.986. The average Bonchev–Trinajstić information content (AvgIpc) is 2.72. The average molecular weight is 448 g/mol. The molecule has 2 aliphatic rings. The zero-order valence-electron chi connectivity index (χ0n) is 18.0. The molecule has 166 valence electrons. The number of amides is 1. The molecule has 31 heavy (non-hydrogen) atoms. The number of para-hydroxylation sites is 1. The Morgan fingerprint density at radius 3 is 2.58 bits per heavy atom. The zero-order valence-corrected chi connectivity index (χ0v) is 18.7. The van der Waals surface area contributed by atoms with Crippen molar-refractivity contribution in [3.05, 3.63) is 58.4 Å². The van der Waals surface area contributed by atoms with Crippen molar-refractivity contribution in [2.24, 2.45) is 0 Å². The highest BCUT2D eigenvalue weighted by atomic mass is 35.5. The van der Waals surface area contributed by atoms with Gasteiger partial charge in [0, 0.05) is 29.2 Å². The summed E-state index contributed by atoms with van der Waals surface area (Å²) in [5, 5.41) is 0.346. The van der Waals surface area contributed by atoms with E-state index in [1.54, 1.807) is 17.0 Å². The fourth-order valence-electron chi connectivity index (χ4n) is 4.06. The Kier molecular flexibility index (Phi) is 6.02. The predicted octanol–water partition coefficient (Wildman–Crippen LogP) is 6.11. The van der Waals surface area contributed by atoms with E-state index in [2.05, 4.69) is 0 Å². The summed E-state index contributed by atoms with van der Waals surface area (Å²) in [4.78, 5) is 14.1. The number of hydrogen-bond acceptors (Lipinski definition) is 4. The third-order valence-corrected chi connectivity index (χ3v) is 5.79. The van der Waals surface area contributed by atoms with Gasteiger partial charge < -0.3 is 19.1 Å². The van der Waals surface area contributed by atoms with Crippen molar-refractivity contribution in [1.82, 2.24) is 4.90 Å². The highest BCUT2D eigenvalue weighted by molar-refractivity contribution is 6.30. The summed E-state index contributed by atoms with van der Waals surface area (Å²) in [7, 11) is 0. The molecule has 4 rings (SSSR count). The Morgan fingerprint density at radius 2 is 1.90 bits per heavy atom. The number of hydrogen-bond donors (Lipinski definition) is 0. The zero-order chi connectivity index (χ0) is 22.2. The van der Waals surface area contributed by atoms with E-state index in [0.717, 1.165) is 18.4 Å². The minimum absolute atomic E-state index is 0.222. The van der Waals surface area contributed by atoms with Gasteiger partial charge in [0.05, 0.1) is 0 Å². The van der Waals surface area contributed by atoms with Crippen LogP contribution in [0.5, 0.6) is 11.5 Å². The summed E-state index contributed by atoms with van der Waals surface area (Å²) >= 11 is 5.86. The number of halogens is 2. The van der Waals surface area contributed by atoms with Gasteiger partial charge in [-0.3, -0.25) is 0 Å². The molecule has 2 aliphatic heterocycles. The monoisotopic (exact) mass is 447 g/mol. The van der Waals surface area contributed by atoms with E-state index in [9.17, 15) is 9.18 Å². The largest absolute Gasteiger partial charge is 0.485 e. The Hall–Kier alpha value is -2.47. The van der Waals surface area contributed by atoms with Crippen LogP contribution in [0.25, 0.3) is 0 Å². The van der Waals surface area contributed by atoms with E-state index in [1.807, 2.05) is 39.0 Å². The normalized spacial score (nSPS) is 19.3. The minimum atomic E-state index is -0.533. The number of piperidine rings is 1. The molecule has 0 aromatic heterocycles. The van der Waals surface area contributed by atoms with Gasteiger partial charge in [-0.1, -0.05) is 29.8 Å². The van der Waals surface area contributed by atoms with Gasteiger partial charge in [0.1, 0.15) is 18.0 Å². The summed E-state index contributed by atoms with van der Waals surface area (Å²) in [6.45, 7) is 7.09. The molecule has 2 heterocycles. The highest BCUT2D eigenvalue weighted by Crippen LogP contribution is 2.44. The van der Waals surface area contributed by atoms with Crippen molar-refractivity contribution in [1.29, 1.82) is 0 Å². The van der Waals surface area contributed by atoms with Crippen LogP contribution in [0.3, 0.4) is 0 Å². The SMILES string of the molecule is CC(C)(C)OC(=O)N1CCC(c2cccc3c2OC[C@H](c2ccc(Cl)cc2F)O3)CC1. The van der Waals surface area contributed by atoms with E-state index in [0.29, 0.717) is 35.2 Å². The second-order valence-electron chi connectivity index (χ2n) is 9.00. The van der Waals surface area contributed by atoms with Crippen molar-refractivity contribution in [2.75, 3.05) is 19.7 Å². The standard InChI is InChI=1S/C24H27ClFNO4/c1-24(2,3)31-23(28)27-11-9-15(10-12-27)17-5-4-6-20-22(17)29-14-21(30-20)18-8-7-16(25)13-19(18)26/h4-8,13,15,21H,9-12,14H2,1-3H3/t21-/m1/s1. The highest BCUT2D eigenvalue weighted by Gasteiger charge is 2.32. The smallest absolute Gasteiger partial charge is 0.410 e. The topological polar surface area (TPSA) is 48.0 Å². The van der Waals surface area contributed by atoms with Crippen molar-refractivity contribution in [3.8, 4) is 11.5 Å². The Morgan fingerprint density at radius 1 is 1.16 bits per heavy atom. The van der Waals surface area contributed by atoms with E-state index in [-0.39, 0.29) is 18.6 Å². The van der Waals surface area contributed by atoms with Gasteiger partial charge in [-0.2, -0.15) is 0 Å². The number of fused-ring (bicyclic) bond motifs is 1. The van der Waals surface area contributed by atoms with Gasteiger partial charge in [-0.25, -0.2) is 9.18 Å². The van der Waals surface area contributed by atoms with E-state index >= 15 is 0 Å². The van der Waals surface area contributed by atoms with Crippen LogP contribution in [0.2, 0.25) is 5.02 Å². The summed E-state index contributed by atoms with van der Waals surface area (Å²) < 4.78 is 32.0. The third-order valence-electron chi connectivity index (χ3n) is 5.55. The van der Waals surface area contributed by atoms with Crippen LogP contribution in [0, 0.1) is 5.82 Å². The summed E-state index contributed by atoms with van der Waals surface area (Å²) in [6, 6.07) is 10.4. The number of carbonyl (C=O) groups is 1. The Bertz CT molecular complexity index is 967. The maximum Gasteiger partial charge on any atom is 0.410 e. The molecule has 0 N–H and O–H groups in total. The molecule has 0 saturated carbocycles. The fourth-order valence-corrected chi connectivity index (χ4v) is 4.22. The van der Waals surface area contributed by atoms with Gasteiger partial charge in [0.2, 0.25) is 0 Å². The molecule has 1 atom stereocenters. The van der Waals surface area contributed by atoms with Crippen LogP contribution in [0.1, 0.15) is 56.8 Å². The van der Waals surface area contributed by atoms with Crippen molar-refractivity contribution >= 4 is 17.7 Å². The van der Waals surface area contributed by atoms with E-state index in [1.165, 1.54) is 6.07 Å². The maximum absolute atomic E-state index is 14.3. The second kappa shape index (κ2) is 8.58. The van der Waals surface area contributed by atoms with Crippen molar-refractivity contribution < 1.29 is 23.4 Å². The number of carbonyl (C=O) groups excluding carboxylic acids is 1. The lowest BCUT2D eigenvalue weighted by Gasteiger charge is -2.35. The number of rotatable bonds is 2. The van der Waals surface area contributed by atoms with E-state index in [4.69, 9.17) is 25.8 Å². The molecule has 5 nitrogen and oxygen atoms in total. The number of benzene rings is 2. The first kappa shape index (κ1) is 21.8. The predicted molar refractivity (Wildman–Crippen MR) is 116 cm³/mol. The first-order valence-electron chi connectivity index (χ1n) is 10.6. The van der Waals surface area contributed by atoms with E-state index < -0.39 is 17.5 Å². The Balaban J connectivity index is 1.45. The molecule has 0 aliphatic carbocycles. The van der Waals surface area contributed by atoms with Crippen LogP contribution in [-0.4, -0.2) is 36.3 Å². The van der Waals surface area contributed by atoms with Crippen molar-refractivity contribution in [2.45, 2.75) is 51.2 Å². The molecule has 2 aromatic carbocycles. The molecule has 1 saturated heterocycles. The lowest BCUT2D eigenvalue weighted by Crippen LogP contribution is -2.41.